The number of benzene rings is 2. The largest absolute Gasteiger partial charge is 0.340 e. The highest BCUT2D eigenvalue weighted by Crippen LogP contribution is 2.27. The quantitative estimate of drug-likeness (QED) is 0.650. The molecule has 3 rings (SSSR count). The second-order valence-electron chi connectivity index (χ2n) is 8.19. The Morgan fingerprint density at radius 2 is 1.64 bits per heavy atom. The van der Waals surface area contributed by atoms with Crippen molar-refractivity contribution in [2.45, 2.75) is 43.9 Å². The molecule has 2 atom stereocenters. The molecule has 1 aliphatic rings. The maximum absolute atomic E-state index is 13.1. The predicted molar refractivity (Wildman–Crippen MR) is 120 cm³/mol. The lowest BCUT2D eigenvalue weighted by molar-refractivity contribution is -0.132. The Morgan fingerprint density at radius 3 is 2.11 bits per heavy atom. The Hall–Kier alpha value is -1.78. The minimum atomic E-state index is 0.165. The van der Waals surface area contributed by atoms with Gasteiger partial charge in [0.05, 0.1) is 0 Å². The third-order valence-electron chi connectivity index (χ3n) is 5.47. The standard InChI is InChI=1S/C24H32N2OS/c1-18(2)15-24(27)26(17-22-23(28)13-14-25-22)16-21(19-9-5-3-6-10-19)20-11-7-4-8-12-20/h3-12,18,21-23,25,28H,13-17H2,1-2H3/t22-,23-/m1/s1. The maximum atomic E-state index is 13.1. The van der Waals surface area contributed by atoms with Crippen LogP contribution in [0.15, 0.2) is 60.7 Å². The lowest BCUT2D eigenvalue weighted by Crippen LogP contribution is -2.46. The highest BCUT2D eigenvalue weighted by Gasteiger charge is 2.29. The van der Waals surface area contributed by atoms with E-state index in [4.69, 9.17) is 12.6 Å². The number of thiol groups is 1. The van der Waals surface area contributed by atoms with Crippen LogP contribution >= 0.6 is 12.6 Å². The lowest BCUT2D eigenvalue weighted by Gasteiger charge is -2.32. The first kappa shape index (κ1) is 20.9. The van der Waals surface area contributed by atoms with Gasteiger partial charge in [-0.25, -0.2) is 0 Å². The fourth-order valence-electron chi connectivity index (χ4n) is 3.93. The Balaban J connectivity index is 1.86. The van der Waals surface area contributed by atoms with Gasteiger partial charge in [-0.05, 0) is 30.0 Å². The first-order chi connectivity index (χ1) is 13.5. The molecule has 2 aromatic carbocycles. The van der Waals surface area contributed by atoms with Crippen molar-refractivity contribution in [2.75, 3.05) is 19.6 Å². The molecule has 150 valence electrons. The molecule has 4 heteroatoms. The van der Waals surface area contributed by atoms with E-state index in [1.165, 1.54) is 11.1 Å². The summed E-state index contributed by atoms with van der Waals surface area (Å²) in [5.41, 5.74) is 2.50. The van der Waals surface area contributed by atoms with Crippen molar-refractivity contribution in [1.29, 1.82) is 0 Å². The molecule has 1 saturated heterocycles. The molecule has 0 aromatic heterocycles. The molecule has 3 nitrogen and oxygen atoms in total. The lowest BCUT2D eigenvalue weighted by atomic mass is 9.90. The van der Waals surface area contributed by atoms with Crippen LogP contribution in [0.1, 0.15) is 43.7 Å². The number of hydrogen-bond acceptors (Lipinski definition) is 3. The normalized spacial score (nSPS) is 19.3. The molecular formula is C24H32N2OS. The Morgan fingerprint density at radius 1 is 1.07 bits per heavy atom. The Kier molecular flexibility index (Phi) is 7.57. The summed E-state index contributed by atoms with van der Waals surface area (Å²) in [6.07, 6.45) is 1.64. The summed E-state index contributed by atoms with van der Waals surface area (Å²) in [7, 11) is 0. The molecule has 0 radical (unpaired) electrons. The molecule has 1 N–H and O–H groups in total. The topological polar surface area (TPSA) is 32.3 Å². The molecule has 1 aliphatic heterocycles. The molecule has 1 heterocycles. The fourth-order valence-corrected chi connectivity index (χ4v) is 4.26. The zero-order valence-corrected chi connectivity index (χ0v) is 17.8. The van der Waals surface area contributed by atoms with Gasteiger partial charge in [0.1, 0.15) is 0 Å². The highest BCUT2D eigenvalue weighted by molar-refractivity contribution is 7.81. The minimum Gasteiger partial charge on any atom is -0.340 e. The number of nitrogens with one attached hydrogen (secondary N) is 1. The summed E-state index contributed by atoms with van der Waals surface area (Å²) in [5.74, 6) is 0.754. The number of amides is 1. The summed E-state index contributed by atoms with van der Waals surface area (Å²) in [4.78, 5) is 15.2. The Labute approximate surface area is 174 Å². The number of rotatable bonds is 8. The first-order valence-corrected chi connectivity index (χ1v) is 10.9. The van der Waals surface area contributed by atoms with Gasteiger partial charge < -0.3 is 10.2 Å². The smallest absolute Gasteiger partial charge is 0.222 e. The second-order valence-corrected chi connectivity index (χ2v) is 8.85. The van der Waals surface area contributed by atoms with Gasteiger partial charge in [-0.2, -0.15) is 12.6 Å². The van der Waals surface area contributed by atoms with Crippen molar-refractivity contribution in [3.63, 3.8) is 0 Å². The van der Waals surface area contributed by atoms with Crippen molar-refractivity contribution >= 4 is 18.5 Å². The minimum absolute atomic E-state index is 0.165. The van der Waals surface area contributed by atoms with Gasteiger partial charge in [-0.3, -0.25) is 4.79 Å². The van der Waals surface area contributed by atoms with Gasteiger partial charge >= 0.3 is 0 Å². The predicted octanol–water partition coefficient (Wildman–Crippen LogP) is 4.35. The Bertz CT molecular complexity index is 695. The van der Waals surface area contributed by atoms with Gasteiger partial charge in [0.15, 0.2) is 0 Å². The average molecular weight is 397 g/mol. The summed E-state index contributed by atoms with van der Waals surface area (Å²) in [6.45, 7) is 6.61. The number of carbonyl (C=O) groups is 1. The molecular weight excluding hydrogens is 364 g/mol. The first-order valence-electron chi connectivity index (χ1n) is 10.3. The average Bonchev–Trinajstić information content (AvgIpc) is 3.10. The van der Waals surface area contributed by atoms with E-state index >= 15 is 0 Å². The van der Waals surface area contributed by atoms with Crippen molar-refractivity contribution in [3.8, 4) is 0 Å². The highest BCUT2D eigenvalue weighted by atomic mass is 32.1. The van der Waals surface area contributed by atoms with E-state index in [1.807, 2.05) is 12.1 Å². The molecule has 2 aromatic rings. The molecule has 0 spiro atoms. The SMILES string of the molecule is CC(C)CC(=O)N(CC(c1ccccc1)c1ccccc1)C[C@H]1NCC[C@H]1S. The van der Waals surface area contributed by atoms with Crippen LogP contribution in [0, 0.1) is 5.92 Å². The molecule has 0 unspecified atom stereocenters. The van der Waals surface area contributed by atoms with Gasteiger partial charge in [0.25, 0.3) is 0 Å². The van der Waals surface area contributed by atoms with Crippen LogP contribution in [-0.2, 0) is 4.79 Å². The van der Waals surface area contributed by atoms with E-state index < -0.39 is 0 Å². The van der Waals surface area contributed by atoms with Gasteiger partial charge in [-0.15, -0.1) is 0 Å². The third kappa shape index (κ3) is 5.62. The molecule has 1 fully saturated rings. The molecule has 0 saturated carbocycles. The van der Waals surface area contributed by atoms with Crippen LogP contribution in [0.5, 0.6) is 0 Å². The van der Waals surface area contributed by atoms with E-state index in [2.05, 4.69) is 72.6 Å². The van der Waals surface area contributed by atoms with E-state index in [1.54, 1.807) is 0 Å². The zero-order chi connectivity index (χ0) is 19.9. The van der Waals surface area contributed by atoms with E-state index in [-0.39, 0.29) is 17.9 Å². The van der Waals surface area contributed by atoms with Crippen LogP contribution in [0.2, 0.25) is 0 Å². The van der Waals surface area contributed by atoms with E-state index in [9.17, 15) is 4.79 Å². The molecule has 28 heavy (non-hydrogen) atoms. The van der Waals surface area contributed by atoms with Crippen LogP contribution in [0.25, 0.3) is 0 Å². The van der Waals surface area contributed by atoms with Crippen LogP contribution in [-0.4, -0.2) is 41.7 Å². The molecule has 0 bridgehead atoms. The van der Waals surface area contributed by atoms with Crippen LogP contribution in [0.4, 0.5) is 0 Å². The fraction of sp³-hybridized carbons (Fsp3) is 0.458. The number of carbonyl (C=O) groups excluding carboxylic acids is 1. The summed E-state index contributed by atoms with van der Waals surface area (Å²) >= 11 is 4.73. The maximum Gasteiger partial charge on any atom is 0.222 e. The summed E-state index contributed by atoms with van der Waals surface area (Å²) in [6, 6.07) is 21.3. The van der Waals surface area contributed by atoms with Gasteiger partial charge in [-0.1, -0.05) is 74.5 Å². The van der Waals surface area contributed by atoms with Gasteiger partial charge in [0, 0.05) is 36.7 Å². The number of hydrogen-bond donors (Lipinski definition) is 2. The summed E-state index contributed by atoms with van der Waals surface area (Å²) < 4.78 is 0. The van der Waals surface area contributed by atoms with Crippen molar-refractivity contribution in [3.05, 3.63) is 71.8 Å². The summed E-state index contributed by atoms with van der Waals surface area (Å²) in [5, 5.41) is 3.83. The van der Waals surface area contributed by atoms with E-state index in [0.29, 0.717) is 24.1 Å². The monoisotopic (exact) mass is 396 g/mol. The van der Waals surface area contributed by atoms with Crippen molar-refractivity contribution in [2.24, 2.45) is 5.92 Å². The van der Waals surface area contributed by atoms with Crippen molar-refractivity contribution < 1.29 is 4.79 Å². The number of nitrogens with zero attached hydrogens (tertiary/aromatic N) is 1. The van der Waals surface area contributed by atoms with E-state index in [0.717, 1.165) is 19.5 Å². The molecule has 1 amide bonds. The zero-order valence-electron chi connectivity index (χ0n) is 16.9. The molecule has 0 aliphatic carbocycles. The third-order valence-corrected chi connectivity index (χ3v) is 6.09. The van der Waals surface area contributed by atoms with Crippen LogP contribution in [0.3, 0.4) is 0 Å². The van der Waals surface area contributed by atoms with Crippen molar-refractivity contribution in [1.82, 2.24) is 10.2 Å². The van der Waals surface area contributed by atoms with Gasteiger partial charge in [0.2, 0.25) is 5.91 Å². The van der Waals surface area contributed by atoms with Crippen LogP contribution < -0.4 is 5.32 Å². The second kappa shape index (κ2) is 10.1.